The SMILES string of the molecule is O=S(=O)(c1ccccc1)N(Cc1ccccc1)c1ccc(N=Cc2ccccc2O)cc1. The molecule has 4 aromatic rings. The van der Waals surface area contributed by atoms with E-state index < -0.39 is 10.0 Å². The van der Waals surface area contributed by atoms with Gasteiger partial charge in [0, 0.05) is 11.8 Å². The molecule has 0 unspecified atom stereocenters. The van der Waals surface area contributed by atoms with E-state index >= 15 is 0 Å². The maximum atomic E-state index is 13.4. The summed E-state index contributed by atoms with van der Waals surface area (Å²) in [6, 6.07) is 31.8. The fraction of sp³-hybridized carbons (Fsp3) is 0.0385. The molecule has 160 valence electrons. The van der Waals surface area contributed by atoms with E-state index in [0.29, 0.717) is 16.9 Å². The van der Waals surface area contributed by atoms with Crippen LogP contribution in [0.4, 0.5) is 11.4 Å². The number of hydrogen-bond donors (Lipinski definition) is 1. The van der Waals surface area contributed by atoms with Gasteiger partial charge in [0.05, 0.1) is 22.8 Å². The molecule has 6 heteroatoms. The molecule has 0 aromatic heterocycles. The molecule has 4 rings (SSSR count). The topological polar surface area (TPSA) is 70.0 Å². The number of nitrogens with zero attached hydrogens (tertiary/aromatic N) is 2. The van der Waals surface area contributed by atoms with E-state index in [-0.39, 0.29) is 17.2 Å². The number of anilines is 1. The lowest BCUT2D eigenvalue weighted by Crippen LogP contribution is -2.30. The molecule has 0 fully saturated rings. The van der Waals surface area contributed by atoms with Crippen LogP contribution in [0.15, 0.2) is 119 Å². The molecular formula is C26H22N2O3S. The minimum Gasteiger partial charge on any atom is -0.507 e. The van der Waals surface area contributed by atoms with Gasteiger partial charge < -0.3 is 5.11 Å². The molecule has 0 atom stereocenters. The molecule has 0 amide bonds. The van der Waals surface area contributed by atoms with Gasteiger partial charge in [0.1, 0.15) is 5.75 Å². The zero-order valence-corrected chi connectivity index (χ0v) is 18.1. The van der Waals surface area contributed by atoms with Crippen LogP contribution in [-0.2, 0) is 16.6 Å². The summed E-state index contributed by atoms with van der Waals surface area (Å²) in [6.45, 7) is 0.207. The minimum absolute atomic E-state index is 0.149. The molecule has 0 spiro atoms. The van der Waals surface area contributed by atoms with Gasteiger partial charge in [-0.25, -0.2) is 8.42 Å². The Morgan fingerprint density at radius 3 is 2.00 bits per heavy atom. The van der Waals surface area contributed by atoms with Gasteiger partial charge in [0.25, 0.3) is 10.0 Å². The van der Waals surface area contributed by atoms with E-state index in [0.717, 1.165) is 5.56 Å². The second-order valence-electron chi connectivity index (χ2n) is 7.14. The Bertz CT molecular complexity index is 1300. The Balaban J connectivity index is 1.66. The summed E-state index contributed by atoms with van der Waals surface area (Å²) < 4.78 is 28.3. The largest absolute Gasteiger partial charge is 0.507 e. The van der Waals surface area contributed by atoms with E-state index in [2.05, 4.69) is 4.99 Å². The highest BCUT2D eigenvalue weighted by molar-refractivity contribution is 7.92. The Kier molecular flexibility index (Phi) is 6.33. The van der Waals surface area contributed by atoms with Crippen molar-refractivity contribution in [2.45, 2.75) is 11.4 Å². The molecule has 0 aliphatic carbocycles. The smallest absolute Gasteiger partial charge is 0.264 e. The normalized spacial score (nSPS) is 11.5. The van der Waals surface area contributed by atoms with Gasteiger partial charge in [0.15, 0.2) is 0 Å². The van der Waals surface area contributed by atoms with Crippen LogP contribution in [0.3, 0.4) is 0 Å². The number of benzene rings is 4. The average Bonchev–Trinajstić information content (AvgIpc) is 2.84. The summed E-state index contributed by atoms with van der Waals surface area (Å²) in [7, 11) is -3.76. The average molecular weight is 443 g/mol. The van der Waals surface area contributed by atoms with Crippen molar-refractivity contribution in [3.8, 4) is 5.75 Å². The lowest BCUT2D eigenvalue weighted by atomic mass is 10.2. The number of aliphatic imine (C=N–C) groups is 1. The fourth-order valence-electron chi connectivity index (χ4n) is 3.23. The number of para-hydroxylation sites is 1. The van der Waals surface area contributed by atoms with Crippen LogP contribution in [-0.4, -0.2) is 19.7 Å². The van der Waals surface area contributed by atoms with E-state index in [1.54, 1.807) is 79.0 Å². The molecule has 0 radical (unpaired) electrons. The Labute approximate surface area is 188 Å². The molecule has 0 aliphatic rings. The molecular weight excluding hydrogens is 420 g/mol. The molecule has 1 N–H and O–H groups in total. The highest BCUT2D eigenvalue weighted by atomic mass is 32.2. The molecule has 5 nitrogen and oxygen atoms in total. The third kappa shape index (κ3) is 4.87. The zero-order valence-electron chi connectivity index (χ0n) is 17.2. The van der Waals surface area contributed by atoms with Gasteiger partial charge in [-0.05, 0) is 54.1 Å². The van der Waals surface area contributed by atoms with Crippen LogP contribution >= 0.6 is 0 Å². The van der Waals surface area contributed by atoms with Crippen molar-refractivity contribution in [3.05, 3.63) is 120 Å². The Morgan fingerprint density at radius 1 is 0.750 bits per heavy atom. The second-order valence-corrected chi connectivity index (χ2v) is 9.01. The quantitative estimate of drug-likeness (QED) is 0.382. The second kappa shape index (κ2) is 9.49. The van der Waals surface area contributed by atoms with Gasteiger partial charge >= 0.3 is 0 Å². The molecule has 0 aliphatic heterocycles. The first-order valence-electron chi connectivity index (χ1n) is 10.1. The molecule has 0 saturated heterocycles. The van der Waals surface area contributed by atoms with Crippen LogP contribution in [0, 0.1) is 0 Å². The van der Waals surface area contributed by atoms with Crippen LogP contribution in [0.5, 0.6) is 5.75 Å². The van der Waals surface area contributed by atoms with Crippen LogP contribution in [0.2, 0.25) is 0 Å². The summed E-state index contributed by atoms with van der Waals surface area (Å²) in [4.78, 5) is 4.62. The zero-order chi connectivity index (χ0) is 22.4. The number of sulfonamides is 1. The monoisotopic (exact) mass is 442 g/mol. The molecule has 0 heterocycles. The highest BCUT2D eigenvalue weighted by Gasteiger charge is 2.25. The van der Waals surface area contributed by atoms with E-state index in [1.807, 2.05) is 36.4 Å². The molecule has 0 saturated carbocycles. The molecule has 4 aromatic carbocycles. The van der Waals surface area contributed by atoms with Gasteiger partial charge in [-0.3, -0.25) is 9.30 Å². The van der Waals surface area contributed by atoms with Crippen LogP contribution in [0.1, 0.15) is 11.1 Å². The van der Waals surface area contributed by atoms with E-state index in [1.165, 1.54) is 4.31 Å². The van der Waals surface area contributed by atoms with E-state index in [9.17, 15) is 13.5 Å². The first-order chi connectivity index (χ1) is 15.5. The number of hydrogen-bond acceptors (Lipinski definition) is 4. The standard InChI is InChI=1S/C26H22N2O3S/c29-26-14-8-7-11-22(26)19-27-23-15-17-24(18-16-23)28(20-21-9-3-1-4-10-21)32(30,31)25-12-5-2-6-13-25/h1-19,29H,20H2. The summed E-state index contributed by atoms with van der Waals surface area (Å²) in [5.41, 5.74) is 2.68. The molecule has 0 bridgehead atoms. The summed E-state index contributed by atoms with van der Waals surface area (Å²) in [5.74, 6) is 0.149. The maximum Gasteiger partial charge on any atom is 0.264 e. The maximum absolute atomic E-state index is 13.4. The number of aromatic hydroxyl groups is 1. The van der Waals surface area contributed by atoms with Gasteiger partial charge in [-0.2, -0.15) is 0 Å². The summed E-state index contributed by atoms with van der Waals surface area (Å²) >= 11 is 0. The van der Waals surface area contributed by atoms with Crippen LogP contribution < -0.4 is 4.31 Å². The minimum atomic E-state index is -3.76. The predicted octanol–water partition coefficient (Wildman–Crippen LogP) is 5.54. The fourth-order valence-corrected chi connectivity index (χ4v) is 4.70. The number of phenols is 1. The summed E-state index contributed by atoms with van der Waals surface area (Å²) in [5, 5.41) is 9.88. The third-order valence-electron chi connectivity index (χ3n) is 4.93. The van der Waals surface area contributed by atoms with Crippen molar-refractivity contribution < 1.29 is 13.5 Å². The van der Waals surface area contributed by atoms with Crippen molar-refractivity contribution >= 4 is 27.6 Å². The summed E-state index contributed by atoms with van der Waals surface area (Å²) in [6.07, 6.45) is 1.58. The van der Waals surface area contributed by atoms with Gasteiger partial charge in [-0.15, -0.1) is 0 Å². The van der Waals surface area contributed by atoms with Gasteiger partial charge in [-0.1, -0.05) is 60.7 Å². The lowest BCUT2D eigenvalue weighted by molar-refractivity contribution is 0.474. The third-order valence-corrected chi connectivity index (χ3v) is 6.72. The molecule has 32 heavy (non-hydrogen) atoms. The van der Waals surface area contributed by atoms with Gasteiger partial charge in [0.2, 0.25) is 0 Å². The Morgan fingerprint density at radius 2 is 1.34 bits per heavy atom. The predicted molar refractivity (Wildman–Crippen MR) is 128 cm³/mol. The van der Waals surface area contributed by atoms with Crippen molar-refractivity contribution in [3.63, 3.8) is 0 Å². The van der Waals surface area contributed by atoms with Crippen molar-refractivity contribution in [1.82, 2.24) is 0 Å². The first kappa shape index (κ1) is 21.3. The first-order valence-corrected chi connectivity index (χ1v) is 11.5. The lowest BCUT2D eigenvalue weighted by Gasteiger charge is -2.25. The number of phenolic OH excluding ortho intramolecular Hbond substituents is 1. The van der Waals surface area contributed by atoms with Crippen molar-refractivity contribution in [2.24, 2.45) is 4.99 Å². The Hall–Kier alpha value is -3.90. The van der Waals surface area contributed by atoms with Crippen LogP contribution in [0.25, 0.3) is 0 Å². The van der Waals surface area contributed by atoms with Crippen molar-refractivity contribution in [1.29, 1.82) is 0 Å². The highest BCUT2D eigenvalue weighted by Crippen LogP contribution is 2.28. The van der Waals surface area contributed by atoms with Crippen molar-refractivity contribution in [2.75, 3.05) is 4.31 Å². The number of rotatable bonds is 7. The van der Waals surface area contributed by atoms with E-state index in [4.69, 9.17) is 0 Å².